The zero-order valence-corrected chi connectivity index (χ0v) is 12.0. The first-order valence-corrected chi connectivity index (χ1v) is 7.48. The van der Waals surface area contributed by atoms with Crippen molar-refractivity contribution in [3.8, 4) is 0 Å². The predicted octanol–water partition coefficient (Wildman–Crippen LogP) is 2.97. The summed E-state index contributed by atoms with van der Waals surface area (Å²) in [6.07, 6.45) is 2.92. The Labute approximate surface area is 125 Å². The lowest BCUT2D eigenvalue weighted by atomic mass is 10.0. The Morgan fingerprint density at radius 3 is 2.43 bits per heavy atom. The van der Waals surface area contributed by atoms with Crippen molar-refractivity contribution in [3.05, 3.63) is 65.7 Å². The van der Waals surface area contributed by atoms with Crippen molar-refractivity contribution in [2.24, 2.45) is 0 Å². The Hall–Kier alpha value is -2.13. The maximum Gasteiger partial charge on any atom is 0.241 e. The van der Waals surface area contributed by atoms with E-state index in [1.54, 1.807) is 0 Å². The van der Waals surface area contributed by atoms with Crippen molar-refractivity contribution in [1.29, 1.82) is 0 Å². The first kappa shape index (κ1) is 13.8. The molecular weight excluding hydrogens is 260 g/mol. The largest absolute Gasteiger partial charge is 0.325 e. The van der Waals surface area contributed by atoms with Gasteiger partial charge >= 0.3 is 0 Å². The van der Waals surface area contributed by atoms with Gasteiger partial charge in [0.25, 0.3) is 0 Å². The Kier molecular flexibility index (Phi) is 4.31. The van der Waals surface area contributed by atoms with Crippen molar-refractivity contribution in [3.63, 3.8) is 0 Å². The molecule has 2 aromatic rings. The third kappa shape index (κ3) is 3.70. The third-order valence-corrected chi connectivity index (χ3v) is 3.85. The summed E-state index contributed by atoms with van der Waals surface area (Å²) in [7, 11) is 0. The molecule has 1 amide bonds. The molecule has 2 N–H and O–H groups in total. The maximum absolute atomic E-state index is 12.0. The number of hydrogen-bond acceptors (Lipinski definition) is 2. The molecule has 0 bridgehead atoms. The molecule has 1 aliphatic rings. The van der Waals surface area contributed by atoms with Gasteiger partial charge < -0.3 is 10.6 Å². The smallest absolute Gasteiger partial charge is 0.241 e. The lowest BCUT2D eigenvalue weighted by Gasteiger charge is -2.11. The fraction of sp³-hybridized carbons (Fsp3) is 0.278. The topological polar surface area (TPSA) is 41.1 Å². The zero-order valence-electron chi connectivity index (χ0n) is 12.0. The summed E-state index contributed by atoms with van der Waals surface area (Å²) in [5.74, 6) is 0.0725. The normalized spacial score (nSPS) is 17.6. The van der Waals surface area contributed by atoms with Crippen LogP contribution in [-0.4, -0.2) is 18.5 Å². The standard InChI is InChI=1S/C18H20N2O/c21-18(17-7-4-12-19-17)20-16-10-8-15(9-11-16)13-14-5-2-1-3-6-14/h1-3,5-6,8-11,17,19H,4,7,12-13H2,(H,20,21). The van der Waals surface area contributed by atoms with E-state index in [0.717, 1.165) is 31.5 Å². The lowest BCUT2D eigenvalue weighted by Crippen LogP contribution is -2.35. The average molecular weight is 280 g/mol. The van der Waals surface area contributed by atoms with Crippen molar-refractivity contribution in [2.75, 3.05) is 11.9 Å². The molecule has 0 spiro atoms. The van der Waals surface area contributed by atoms with Crippen LogP contribution in [0, 0.1) is 0 Å². The second-order valence-electron chi connectivity index (χ2n) is 5.50. The van der Waals surface area contributed by atoms with E-state index in [0.29, 0.717) is 0 Å². The van der Waals surface area contributed by atoms with E-state index in [-0.39, 0.29) is 11.9 Å². The van der Waals surface area contributed by atoms with Crippen LogP contribution in [0.15, 0.2) is 54.6 Å². The molecule has 3 nitrogen and oxygen atoms in total. The van der Waals surface area contributed by atoms with Crippen LogP contribution in [0.2, 0.25) is 0 Å². The van der Waals surface area contributed by atoms with E-state index in [1.807, 2.05) is 18.2 Å². The Bertz CT molecular complexity index is 586. The highest BCUT2D eigenvalue weighted by Gasteiger charge is 2.21. The number of nitrogens with one attached hydrogen (secondary N) is 2. The highest BCUT2D eigenvalue weighted by Crippen LogP contribution is 2.15. The molecule has 3 rings (SSSR count). The number of carbonyl (C=O) groups is 1. The van der Waals surface area contributed by atoms with Crippen LogP contribution < -0.4 is 10.6 Å². The van der Waals surface area contributed by atoms with Gasteiger partial charge in [0.2, 0.25) is 5.91 Å². The summed E-state index contributed by atoms with van der Waals surface area (Å²) in [6.45, 7) is 0.939. The molecule has 1 unspecified atom stereocenters. The highest BCUT2D eigenvalue weighted by molar-refractivity contribution is 5.95. The Balaban J connectivity index is 1.60. The molecule has 1 atom stereocenters. The molecule has 21 heavy (non-hydrogen) atoms. The van der Waals surface area contributed by atoms with Gasteiger partial charge in [-0.3, -0.25) is 4.79 Å². The number of benzene rings is 2. The van der Waals surface area contributed by atoms with Crippen molar-refractivity contribution >= 4 is 11.6 Å². The molecule has 3 heteroatoms. The predicted molar refractivity (Wildman–Crippen MR) is 85.3 cm³/mol. The van der Waals surface area contributed by atoms with Crippen LogP contribution in [0.3, 0.4) is 0 Å². The molecule has 1 heterocycles. The monoisotopic (exact) mass is 280 g/mol. The van der Waals surface area contributed by atoms with E-state index < -0.39 is 0 Å². The van der Waals surface area contributed by atoms with Crippen LogP contribution in [0.1, 0.15) is 24.0 Å². The SMILES string of the molecule is O=C(Nc1ccc(Cc2ccccc2)cc1)C1CCCN1. The molecule has 108 valence electrons. The number of amides is 1. The molecule has 0 radical (unpaired) electrons. The third-order valence-electron chi connectivity index (χ3n) is 3.85. The van der Waals surface area contributed by atoms with Crippen molar-refractivity contribution in [1.82, 2.24) is 5.32 Å². The number of rotatable bonds is 4. The minimum atomic E-state index is -0.0333. The van der Waals surface area contributed by atoms with Gasteiger partial charge in [0.05, 0.1) is 6.04 Å². The molecule has 2 aromatic carbocycles. The van der Waals surface area contributed by atoms with E-state index in [4.69, 9.17) is 0 Å². The van der Waals surface area contributed by atoms with Gasteiger partial charge in [0.15, 0.2) is 0 Å². The minimum Gasteiger partial charge on any atom is -0.325 e. The fourth-order valence-corrected chi connectivity index (χ4v) is 2.68. The zero-order chi connectivity index (χ0) is 14.5. The van der Waals surface area contributed by atoms with Crippen LogP contribution in [0.4, 0.5) is 5.69 Å². The Morgan fingerprint density at radius 1 is 1.05 bits per heavy atom. The first-order chi connectivity index (χ1) is 10.3. The van der Waals surface area contributed by atoms with Crippen LogP contribution in [0.5, 0.6) is 0 Å². The summed E-state index contributed by atoms with van der Waals surface area (Å²) >= 11 is 0. The summed E-state index contributed by atoms with van der Waals surface area (Å²) in [6, 6.07) is 18.5. The van der Waals surface area contributed by atoms with E-state index in [1.165, 1.54) is 11.1 Å². The molecule has 0 aromatic heterocycles. The minimum absolute atomic E-state index is 0.0333. The second kappa shape index (κ2) is 6.55. The molecule has 1 saturated heterocycles. The van der Waals surface area contributed by atoms with E-state index in [2.05, 4.69) is 47.0 Å². The van der Waals surface area contributed by atoms with Gasteiger partial charge in [-0.1, -0.05) is 42.5 Å². The summed E-state index contributed by atoms with van der Waals surface area (Å²) in [5.41, 5.74) is 3.41. The van der Waals surface area contributed by atoms with Crippen molar-refractivity contribution < 1.29 is 4.79 Å². The fourth-order valence-electron chi connectivity index (χ4n) is 2.68. The summed E-state index contributed by atoms with van der Waals surface area (Å²) in [4.78, 5) is 12.0. The number of anilines is 1. The molecule has 1 fully saturated rings. The average Bonchev–Trinajstić information content (AvgIpc) is 3.05. The Morgan fingerprint density at radius 2 is 1.76 bits per heavy atom. The van der Waals surface area contributed by atoms with Gasteiger partial charge in [-0.2, -0.15) is 0 Å². The molecular formula is C18H20N2O. The first-order valence-electron chi connectivity index (χ1n) is 7.48. The van der Waals surface area contributed by atoms with Crippen LogP contribution >= 0.6 is 0 Å². The van der Waals surface area contributed by atoms with Gasteiger partial charge in [0, 0.05) is 5.69 Å². The van der Waals surface area contributed by atoms with Gasteiger partial charge in [-0.05, 0) is 49.1 Å². The molecule has 1 aliphatic heterocycles. The maximum atomic E-state index is 12.0. The van der Waals surface area contributed by atoms with Gasteiger partial charge in [-0.15, -0.1) is 0 Å². The quantitative estimate of drug-likeness (QED) is 0.904. The van der Waals surface area contributed by atoms with E-state index in [9.17, 15) is 4.79 Å². The summed E-state index contributed by atoms with van der Waals surface area (Å²) < 4.78 is 0. The summed E-state index contributed by atoms with van der Waals surface area (Å²) in [5, 5.41) is 6.18. The van der Waals surface area contributed by atoms with Gasteiger partial charge in [-0.25, -0.2) is 0 Å². The number of hydrogen-bond donors (Lipinski definition) is 2. The molecule has 0 aliphatic carbocycles. The van der Waals surface area contributed by atoms with E-state index >= 15 is 0 Å². The van der Waals surface area contributed by atoms with Crippen LogP contribution in [0.25, 0.3) is 0 Å². The second-order valence-corrected chi connectivity index (χ2v) is 5.50. The number of carbonyl (C=O) groups excluding carboxylic acids is 1. The highest BCUT2D eigenvalue weighted by atomic mass is 16.2. The van der Waals surface area contributed by atoms with Crippen LogP contribution in [-0.2, 0) is 11.2 Å². The van der Waals surface area contributed by atoms with Gasteiger partial charge in [0.1, 0.15) is 0 Å². The lowest BCUT2D eigenvalue weighted by molar-refractivity contribution is -0.117. The molecule has 0 saturated carbocycles. The van der Waals surface area contributed by atoms with Crippen molar-refractivity contribution in [2.45, 2.75) is 25.3 Å².